The molecular formula is C25H28Cl2N2O5. The fourth-order valence-corrected chi connectivity index (χ4v) is 4.61. The van der Waals surface area contributed by atoms with Gasteiger partial charge in [0.1, 0.15) is 17.3 Å². The number of nitrogens with zero attached hydrogens (tertiary/aromatic N) is 2. The molecule has 182 valence electrons. The van der Waals surface area contributed by atoms with Crippen LogP contribution in [0.1, 0.15) is 30.5 Å². The van der Waals surface area contributed by atoms with Crippen molar-refractivity contribution in [3.8, 4) is 11.5 Å². The number of aliphatic hydroxyl groups excluding tert-OH is 1. The van der Waals surface area contributed by atoms with E-state index in [9.17, 15) is 14.7 Å². The number of ether oxygens (including phenoxy) is 2. The number of hydrogen-bond donors (Lipinski definition) is 1. The molecule has 34 heavy (non-hydrogen) atoms. The Hall–Kier alpha value is -2.74. The van der Waals surface area contributed by atoms with Gasteiger partial charge in [0, 0.05) is 11.6 Å². The summed E-state index contributed by atoms with van der Waals surface area (Å²) in [4.78, 5) is 29.8. The molecule has 0 spiro atoms. The molecule has 1 saturated heterocycles. The van der Waals surface area contributed by atoms with Crippen LogP contribution >= 0.6 is 23.2 Å². The van der Waals surface area contributed by atoms with Crippen molar-refractivity contribution in [3.63, 3.8) is 0 Å². The molecule has 3 rings (SSSR count). The van der Waals surface area contributed by atoms with Gasteiger partial charge in [0.15, 0.2) is 0 Å². The van der Waals surface area contributed by atoms with Gasteiger partial charge in [-0.25, -0.2) is 0 Å². The quantitative estimate of drug-likeness (QED) is 0.299. The number of carbonyl (C=O) groups excluding carboxylic acids is 2. The van der Waals surface area contributed by atoms with E-state index in [-0.39, 0.29) is 26.9 Å². The molecule has 1 heterocycles. The molecule has 1 N–H and O–H groups in total. The summed E-state index contributed by atoms with van der Waals surface area (Å²) >= 11 is 12.4. The Kier molecular flexibility index (Phi) is 8.47. The molecule has 1 amide bonds. The van der Waals surface area contributed by atoms with Gasteiger partial charge >= 0.3 is 0 Å². The van der Waals surface area contributed by atoms with Crippen molar-refractivity contribution in [2.75, 3.05) is 40.9 Å². The molecule has 2 aromatic carbocycles. The summed E-state index contributed by atoms with van der Waals surface area (Å²) < 4.78 is 11.0. The second-order valence-corrected chi connectivity index (χ2v) is 8.97. The largest absolute Gasteiger partial charge is 0.507 e. The third kappa shape index (κ3) is 5.32. The molecule has 1 aliphatic rings. The summed E-state index contributed by atoms with van der Waals surface area (Å²) in [6.07, 6.45) is 0.647. The van der Waals surface area contributed by atoms with E-state index >= 15 is 0 Å². The van der Waals surface area contributed by atoms with Crippen LogP contribution in [-0.4, -0.2) is 67.5 Å². The Labute approximate surface area is 209 Å². The number of ketones is 1. The van der Waals surface area contributed by atoms with E-state index in [1.54, 1.807) is 24.3 Å². The van der Waals surface area contributed by atoms with E-state index in [1.807, 2.05) is 25.9 Å². The average Bonchev–Trinajstić information content (AvgIpc) is 3.03. The fourth-order valence-electron chi connectivity index (χ4n) is 4.04. The van der Waals surface area contributed by atoms with E-state index in [4.69, 9.17) is 32.7 Å². The van der Waals surface area contributed by atoms with Crippen LogP contribution in [0.3, 0.4) is 0 Å². The highest BCUT2D eigenvalue weighted by molar-refractivity contribution is 6.46. The highest BCUT2D eigenvalue weighted by atomic mass is 35.5. The zero-order valence-electron chi connectivity index (χ0n) is 19.6. The van der Waals surface area contributed by atoms with Crippen LogP contribution in [0, 0.1) is 0 Å². The summed E-state index contributed by atoms with van der Waals surface area (Å²) in [5, 5.41) is 11.8. The maximum absolute atomic E-state index is 13.2. The molecule has 0 bridgehead atoms. The van der Waals surface area contributed by atoms with Crippen molar-refractivity contribution in [3.05, 3.63) is 63.1 Å². The molecule has 9 heteroatoms. The third-order valence-electron chi connectivity index (χ3n) is 5.50. The number of halogens is 2. The summed E-state index contributed by atoms with van der Waals surface area (Å²) in [7, 11) is 5.27. The number of aliphatic hydroxyl groups is 1. The fraction of sp³-hybridized carbons (Fsp3) is 0.360. The molecule has 1 fully saturated rings. The maximum atomic E-state index is 13.2. The molecule has 1 atom stereocenters. The number of methoxy groups -OCH3 is 1. The number of carbonyl (C=O) groups is 2. The van der Waals surface area contributed by atoms with Crippen LogP contribution < -0.4 is 9.47 Å². The lowest BCUT2D eigenvalue weighted by molar-refractivity contribution is -0.139. The molecule has 7 nitrogen and oxygen atoms in total. The smallest absolute Gasteiger partial charge is 0.295 e. The number of amides is 1. The zero-order chi connectivity index (χ0) is 25.0. The van der Waals surface area contributed by atoms with Crippen LogP contribution in [0.15, 0.2) is 42.0 Å². The first-order chi connectivity index (χ1) is 16.2. The Morgan fingerprint density at radius 1 is 1.18 bits per heavy atom. The van der Waals surface area contributed by atoms with Crippen molar-refractivity contribution in [1.82, 2.24) is 9.80 Å². The molecule has 0 saturated carbocycles. The molecule has 2 aromatic rings. The molecule has 0 aromatic heterocycles. The van der Waals surface area contributed by atoms with Crippen molar-refractivity contribution < 1.29 is 24.2 Å². The predicted octanol–water partition coefficient (Wildman–Crippen LogP) is 4.77. The molecule has 1 unspecified atom stereocenters. The zero-order valence-corrected chi connectivity index (χ0v) is 21.1. The van der Waals surface area contributed by atoms with Crippen LogP contribution in [0.4, 0.5) is 0 Å². The molecule has 1 aliphatic heterocycles. The predicted molar refractivity (Wildman–Crippen MR) is 133 cm³/mol. The molecule has 0 radical (unpaired) electrons. The van der Waals surface area contributed by atoms with Crippen LogP contribution in [0.5, 0.6) is 11.5 Å². The summed E-state index contributed by atoms with van der Waals surface area (Å²) in [6, 6.07) is 9.27. The summed E-state index contributed by atoms with van der Waals surface area (Å²) in [6.45, 7) is 3.39. The van der Waals surface area contributed by atoms with Gasteiger partial charge < -0.3 is 24.4 Å². The minimum Gasteiger partial charge on any atom is -0.507 e. The second-order valence-electron chi connectivity index (χ2n) is 8.12. The van der Waals surface area contributed by atoms with Gasteiger partial charge in [-0.3, -0.25) is 9.59 Å². The minimum atomic E-state index is -0.815. The van der Waals surface area contributed by atoms with Crippen molar-refractivity contribution >= 4 is 40.7 Å². The monoisotopic (exact) mass is 506 g/mol. The number of likely N-dealkylation sites (tertiary alicyclic amines) is 1. The Morgan fingerprint density at radius 3 is 2.56 bits per heavy atom. The maximum Gasteiger partial charge on any atom is 0.295 e. The highest BCUT2D eigenvalue weighted by Crippen LogP contribution is 2.43. The van der Waals surface area contributed by atoms with Gasteiger partial charge in [-0.1, -0.05) is 35.3 Å². The normalized spacial score (nSPS) is 17.5. The minimum absolute atomic E-state index is 0.0554. The van der Waals surface area contributed by atoms with Crippen molar-refractivity contribution in [1.29, 1.82) is 0 Å². The third-order valence-corrected chi connectivity index (χ3v) is 6.00. The van der Waals surface area contributed by atoms with E-state index in [0.29, 0.717) is 30.9 Å². The standard InChI is InChI=1S/C25H28Cl2N2O5/c1-5-34-17-9-6-8-15(12-17)21-20(23(31)25(32)29(21)11-7-10-28(2)3)22(30)18-13-16(26)14-19(27)24(18)33-4/h6,8-9,12-14,21,30H,5,7,10-11H2,1-4H3/b22-20+. The van der Waals surface area contributed by atoms with E-state index in [2.05, 4.69) is 0 Å². The first kappa shape index (κ1) is 25.9. The van der Waals surface area contributed by atoms with Crippen LogP contribution in [-0.2, 0) is 9.59 Å². The summed E-state index contributed by atoms with van der Waals surface area (Å²) in [5.41, 5.74) is 0.723. The second kappa shape index (κ2) is 11.1. The Balaban J connectivity index is 2.20. The average molecular weight is 507 g/mol. The topological polar surface area (TPSA) is 79.3 Å². The lowest BCUT2D eigenvalue weighted by atomic mass is 9.94. The van der Waals surface area contributed by atoms with Gasteiger partial charge in [0.05, 0.1) is 35.9 Å². The molecule has 0 aliphatic carbocycles. The molecular weight excluding hydrogens is 479 g/mol. The van der Waals surface area contributed by atoms with Crippen molar-refractivity contribution in [2.24, 2.45) is 0 Å². The Bertz CT molecular complexity index is 1120. The lowest BCUT2D eigenvalue weighted by Gasteiger charge is -2.26. The number of hydrogen-bond acceptors (Lipinski definition) is 6. The van der Waals surface area contributed by atoms with Gasteiger partial charge in [0.25, 0.3) is 11.7 Å². The number of benzene rings is 2. The Morgan fingerprint density at radius 2 is 1.91 bits per heavy atom. The van der Waals surface area contributed by atoms with E-state index in [0.717, 1.165) is 6.54 Å². The van der Waals surface area contributed by atoms with Gasteiger partial charge in [0.2, 0.25) is 0 Å². The van der Waals surface area contributed by atoms with E-state index < -0.39 is 23.5 Å². The SMILES string of the molecule is CCOc1cccc(C2/C(=C(\O)c3cc(Cl)cc(Cl)c3OC)C(=O)C(=O)N2CCCN(C)C)c1. The van der Waals surface area contributed by atoms with E-state index in [1.165, 1.54) is 24.1 Å². The number of rotatable bonds is 9. The lowest BCUT2D eigenvalue weighted by Crippen LogP contribution is -2.32. The van der Waals surface area contributed by atoms with Gasteiger partial charge in [-0.15, -0.1) is 0 Å². The van der Waals surface area contributed by atoms with Crippen LogP contribution in [0.25, 0.3) is 5.76 Å². The van der Waals surface area contributed by atoms with Gasteiger partial charge in [-0.05, 0) is 63.8 Å². The highest BCUT2D eigenvalue weighted by Gasteiger charge is 2.46. The summed E-state index contributed by atoms with van der Waals surface area (Å²) in [5.74, 6) is -1.11. The van der Waals surface area contributed by atoms with Gasteiger partial charge in [-0.2, -0.15) is 0 Å². The number of Topliss-reactive ketones (excluding diaryl/α,β-unsaturated/α-hetero) is 1. The van der Waals surface area contributed by atoms with Crippen LogP contribution in [0.2, 0.25) is 10.0 Å². The first-order valence-corrected chi connectivity index (χ1v) is 11.6. The first-order valence-electron chi connectivity index (χ1n) is 10.9. The van der Waals surface area contributed by atoms with Crippen molar-refractivity contribution in [2.45, 2.75) is 19.4 Å².